The van der Waals surface area contributed by atoms with Crippen LogP contribution in [0.25, 0.3) is 21.6 Å². The van der Waals surface area contributed by atoms with Gasteiger partial charge in [-0.3, -0.25) is 4.79 Å². The first kappa shape index (κ1) is 18.6. The van der Waals surface area contributed by atoms with Crippen LogP contribution in [-0.4, -0.2) is 28.3 Å². The fourth-order valence-corrected chi connectivity index (χ4v) is 5.09. The number of fused-ring (bicyclic) bond motifs is 1. The first-order chi connectivity index (χ1) is 13.3. The molecule has 0 unspecified atom stereocenters. The zero-order valence-corrected chi connectivity index (χ0v) is 16.8. The molecular formula is C18H13ClN4O3S2. The fourth-order valence-electron chi connectivity index (χ4n) is 2.77. The number of carbonyl (C=O) groups excluding carboxylic acids is 1. The standard InChI is InChI=1S/C18H13ClN4O3S2/c1-10-2-4-11(5-3-10)28(25,26)23-9-8-12-15(21-18(19)22-17(12)23)13-6-7-14(27-13)16(20)24/h2-9H,1H3,(H2,20,24). The first-order valence-electron chi connectivity index (χ1n) is 8.04. The van der Waals surface area contributed by atoms with Crippen molar-refractivity contribution in [2.75, 3.05) is 0 Å². The number of rotatable bonds is 4. The van der Waals surface area contributed by atoms with Crippen molar-refractivity contribution in [3.05, 3.63) is 64.4 Å². The summed E-state index contributed by atoms with van der Waals surface area (Å²) in [6.45, 7) is 1.88. The zero-order chi connectivity index (χ0) is 20.1. The van der Waals surface area contributed by atoms with E-state index in [9.17, 15) is 13.2 Å². The molecule has 2 N–H and O–H groups in total. The number of thiophene rings is 1. The molecule has 0 atom stereocenters. The molecule has 4 aromatic rings. The molecule has 10 heteroatoms. The van der Waals surface area contributed by atoms with Gasteiger partial charge < -0.3 is 5.73 Å². The molecule has 3 aromatic heterocycles. The van der Waals surface area contributed by atoms with Gasteiger partial charge in [-0.2, -0.15) is 4.98 Å². The number of primary amides is 1. The first-order valence-corrected chi connectivity index (χ1v) is 10.7. The molecule has 0 fully saturated rings. The molecule has 0 aliphatic carbocycles. The lowest BCUT2D eigenvalue weighted by atomic mass is 10.2. The van der Waals surface area contributed by atoms with Gasteiger partial charge in [0.25, 0.3) is 15.9 Å². The minimum Gasteiger partial charge on any atom is -0.365 e. The van der Waals surface area contributed by atoms with Crippen LogP contribution < -0.4 is 5.73 Å². The van der Waals surface area contributed by atoms with Crippen LogP contribution in [-0.2, 0) is 10.0 Å². The molecule has 0 saturated carbocycles. The van der Waals surface area contributed by atoms with E-state index in [1.807, 2.05) is 6.92 Å². The molecule has 7 nitrogen and oxygen atoms in total. The van der Waals surface area contributed by atoms with Gasteiger partial charge in [0.15, 0.2) is 5.65 Å². The average Bonchev–Trinajstić information content (AvgIpc) is 3.29. The third kappa shape index (κ3) is 3.07. The van der Waals surface area contributed by atoms with Gasteiger partial charge >= 0.3 is 0 Å². The summed E-state index contributed by atoms with van der Waals surface area (Å²) < 4.78 is 27.2. The van der Waals surface area contributed by atoms with Crippen LogP contribution >= 0.6 is 22.9 Å². The number of nitrogens with two attached hydrogens (primary N) is 1. The third-order valence-corrected chi connectivity index (χ3v) is 7.10. The Kier molecular flexibility index (Phi) is 4.45. The Morgan fingerprint density at radius 3 is 2.46 bits per heavy atom. The number of amides is 1. The van der Waals surface area contributed by atoms with Crippen molar-refractivity contribution in [3.8, 4) is 10.6 Å². The Bertz CT molecular complexity index is 1320. The summed E-state index contributed by atoms with van der Waals surface area (Å²) in [4.78, 5) is 20.9. The van der Waals surface area contributed by atoms with Crippen LogP contribution in [0.2, 0.25) is 5.28 Å². The second kappa shape index (κ2) is 6.69. The van der Waals surface area contributed by atoms with Crippen LogP contribution in [0.15, 0.2) is 53.6 Å². The van der Waals surface area contributed by atoms with Gasteiger partial charge in [0, 0.05) is 11.6 Å². The van der Waals surface area contributed by atoms with Crippen LogP contribution in [0, 0.1) is 6.92 Å². The van der Waals surface area contributed by atoms with E-state index in [2.05, 4.69) is 9.97 Å². The number of hydrogen-bond donors (Lipinski definition) is 1. The van der Waals surface area contributed by atoms with E-state index in [1.54, 1.807) is 42.5 Å². The normalized spacial score (nSPS) is 11.8. The summed E-state index contributed by atoms with van der Waals surface area (Å²) in [6, 6.07) is 11.4. The van der Waals surface area contributed by atoms with Crippen molar-refractivity contribution in [3.63, 3.8) is 0 Å². The van der Waals surface area contributed by atoms with Gasteiger partial charge in [0.2, 0.25) is 5.28 Å². The van der Waals surface area contributed by atoms with Crippen molar-refractivity contribution in [2.45, 2.75) is 11.8 Å². The highest BCUT2D eigenvalue weighted by molar-refractivity contribution is 7.90. The molecule has 3 heterocycles. The molecule has 1 aromatic carbocycles. The second-order valence-electron chi connectivity index (χ2n) is 6.04. The van der Waals surface area contributed by atoms with E-state index in [4.69, 9.17) is 17.3 Å². The van der Waals surface area contributed by atoms with E-state index >= 15 is 0 Å². The predicted octanol–water partition coefficient (Wildman–Crippen LogP) is 3.46. The quantitative estimate of drug-likeness (QED) is 0.497. The molecule has 1 amide bonds. The highest BCUT2D eigenvalue weighted by atomic mass is 35.5. The van der Waals surface area contributed by atoms with E-state index in [0.717, 1.165) is 20.9 Å². The summed E-state index contributed by atoms with van der Waals surface area (Å²) in [5.74, 6) is -0.549. The highest BCUT2D eigenvalue weighted by Crippen LogP contribution is 2.34. The Morgan fingerprint density at radius 1 is 1.11 bits per heavy atom. The van der Waals surface area contributed by atoms with E-state index < -0.39 is 15.9 Å². The number of nitrogens with zero attached hydrogens (tertiary/aromatic N) is 3. The molecule has 0 radical (unpaired) electrons. The topological polar surface area (TPSA) is 108 Å². The zero-order valence-electron chi connectivity index (χ0n) is 14.5. The maximum Gasteiger partial charge on any atom is 0.269 e. The lowest BCUT2D eigenvalue weighted by molar-refractivity contribution is 0.100. The predicted molar refractivity (Wildman–Crippen MR) is 108 cm³/mol. The van der Waals surface area contributed by atoms with Crippen molar-refractivity contribution in [1.29, 1.82) is 0 Å². The summed E-state index contributed by atoms with van der Waals surface area (Å²) in [5.41, 5.74) is 6.86. The summed E-state index contributed by atoms with van der Waals surface area (Å²) >= 11 is 7.22. The van der Waals surface area contributed by atoms with Crippen molar-refractivity contribution >= 4 is 49.9 Å². The molecule has 4 rings (SSSR count). The molecule has 0 aliphatic rings. The number of aromatic nitrogens is 3. The van der Waals surface area contributed by atoms with Crippen molar-refractivity contribution in [2.24, 2.45) is 5.73 Å². The minimum absolute atomic E-state index is 0.101. The van der Waals surface area contributed by atoms with Crippen LogP contribution in [0.3, 0.4) is 0 Å². The molecule has 28 heavy (non-hydrogen) atoms. The van der Waals surface area contributed by atoms with E-state index in [0.29, 0.717) is 20.8 Å². The Hall–Kier alpha value is -2.75. The highest BCUT2D eigenvalue weighted by Gasteiger charge is 2.23. The largest absolute Gasteiger partial charge is 0.365 e. The number of halogens is 1. The molecule has 142 valence electrons. The van der Waals surface area contributed by atoms with Gasteiger partial charge in [0.05, 0.1) is 20.3 Å². The van der Waals surface area contributed by atoms with Gasteiger partial charge in [-0.15, -0.1) is 11.3 Å². The van der Waals surface area contributed by atoms with Crippen LogP contribution in [0.4, 0.5) is 0 Å². The molecule has 0 spiro atoms. The van der Waals surface area contributed by atoms with E-state index in [1.165, 1.54) is 6.20 Å². The summed E-state index contributed by atoms with van der Waals surface area (Å²) in [7, 11) is -3.87. The molecular weight excluding hydrogens is 420 g/mol. The van der Waals surface area contributed by atoms with Crippen LogP contribution in [0.1, 0.15) is 15.2 Å². The Morgan fingerprint density at radius 2 is 1.82 bits per heavy atom. The molecule has 0 aliphatic heterocycles. The third-order valence-electron chi connectivity index (χ3n) is 4.14. The fraction of sp³-hybridized carbons (Fsp3) is 0.0556. The minimum atomic E-state index is -3.87. The number of aryl methyl sites for hydroxylation is 1. The second-order valence-corrected chi connectivity index (χ2v) is 9.27. The smallest absolute Gasteiger partial charge is 0.269 e. The van der Waals surface area contributed by atoms with Gasteiger partial charge in [-0.05, 0) is 48.9 Å². The SMILES string of the molecule is Cc1ccc(S(=O)(=O)n2ccc3c(-c4ccc(C(N)=O)s4)nc(Cl)nc32)cc1. The molecule has 0 saturated heterocycles. The number of carbonyl (C=O) groups is 1. The van der Waals surface area contributed by atoms with Crippen molar-refractivity contribution in [1.82, 2.24) is 13.9 Å². The Labute approximate surface area is 169 Å². The summed E-state index contributed by atoms with van der Waals surface area (Å²) in [5, 5.41) is 0.397. The van der Waals surface area contributed by atoms with Crippen molar-refractivity contribution < 1.29 is 13.2 Å². The Balaban J connectivity index is 1.92. The van der Waals surface area contributed by atoms with Crippen LogP contribution in [0.5, 0.6) is 0 Å². The maximum absolute atomic E-state index is 13.1. The number of benzene rings is 1. The molecule has 0 bridgehead atoms. The van der Waals surface area contributed by atoms with Gasteiger partial charge in [-0.1, -0.05) is 17.7 Å². The summed E-state index contributed by atoms with van der Waals surface area (Å²) in [6.07, 6.45) is 1.41. The average molecular weight is 433 g/mol. The lowest BCUT2D eigenvalue weighted by Gasteiger charge is -2.08. The monoisotopic (exact) mass is 432 g/mol. The van der Waals surface area contributed by atoms with E-state index in [-0.39, 0.29) is 15.8 Å². The number of hydrogen-bond acceptors (Lipinski definition) is 6. The van der Waals surface area contributed by atoms with Gasteiger partial charge in [0.1, 0.15) is 0 Å². The lowest BCUT2D eigenvalue weighted by Crippen LogP contribution is -2.12. The maximum atomic E-state index is 13.1. The van der Waals surface area contributed by atoms with Gasteiger partial charge in [-0.25, -0.2) is 17.4 Å².